The molecule has 0 bridgehead atoms. The summed E-state index contributed by atoms with van der Waals surface area (Å²) in [5.41, 5.74) is 1.31. The van der Waals surface area contributed by atoms with Gasteiger partial charge >= 0.3 is 0 Å². The highest BCUT2D eigenvalue weighted by atomic mass is 32.2. The number of methoxy groups -OCH3 is 1. The van der Waals surface area contributed by atoms with Gasteiger partial charge in [0.05, 0.1) is 29.8 Å². The molecule has 3 heterocycles. The molecule has 35 heavy (non-hydrogen) atoms. The summed E-state index contributed by atoms with van der Waals surface area (Å²) in [5, 5.41) is 15.7. The zero-order chi connectivity index (χ0) is 24.5. The Kier molecular flexibility index (Phi) is 6.00. The third kappa shape index (κ3) is 4.26. The lowest BCUT2D eigenvalue weighted by molar-refractivity contribution is -0.115. The van der Waals surface area contributed by atoms with E-state index in [1.165, 1.54) is 11.8 Å². The summed E-state index contributed by atoms with van der Waals surface area (Å²) in [6.45, 7) is 3.77. The maximum Gasteiger partial charge on any atom is 0.263 e. The molecule has 5 rings (SSSR count). The molecule has 0 radical (unpaired) electrons. The molecule has 0 saturated carbocycles. The largest absolute Gasteiger partial charge is 0.496 e. The third-order valence-corrected chi connectivity index (χ3v) is 6.57. The Bertz CT molecular complexity index is 1600. The maximum atomic E-state index is 13.4. The SMILES string of the molecule is COc1ccccc1Cn1c(=O)c2ccccc2n2c(SC(C)C(=O)Nc3cc(C)on3)nnc12. The molecule has 0 spiro atoms. The fourth-order valence-corrected chi connectivity index (χ4v) is 4.68. The van der Waals surface area contributed by atoms with E-state index in [2.05, 4.69) is 20.7 Å². The number of rotatable bonds is 7. The van der Waals surface area contributed by atoms with Crippen molar-refractivity contribution in [1.29, 1.82) is 0 Å². The smallest absolute Gasteiger partial charge is 0.263 e. The first kappa shape index (κ1) is 22.7. The number of carbonyl (C=O) groups excluding carboxylic acids is 1. The van der Waals surface area contributed by atoms with E-state index in [0.29, 0.717) is 39.2 Å². The van der Waals surface area contributed by atoms with Gasteiger partial charge in [-0.2, -0.15) is 0 Å². The highest BCUT2D eigenvalue weighted by molar-refractivity contribution is 8.00. The van der Waals surface area contributed by atoms with E-state index >= 15 is 0 Å². The van der Waals surface area contributed by atoms with E-state index < -0.39 is 5.25 Å². The maximum absolute atomic E-state index is 13.4. The molecule has 5 aromatic rings. The van der Waals surface area contributed by atoms with Crippen molar-refractivity contribution >= 4 is 40.2 Å². The molecule has 10 nitrogen and oxygen atoms in total. The Hall–Kier alpha value is -4.12. The number of thioether (sulfide) groups is 1. The van der Waals surface area contributed by atoms with Gasteiger partial charge in [0, 0.05) is 11.6 Å². The molecular formula is C24H22N6O4S. The van der Waals surface area contributed by atoms with Gasteiger partial charge in [0.15, 0.2) is 11.0 Å². The van der Waals surface area contributed by atoms with E-state index in [-0.39, 0.29) is 18.0 Å². The molecule has 1 atom stereocenters. The van der Waals surface area contributed by atoms with Crippen LogP contribution in [-0.2, 0) is 11.3 Å². The summed E-state index contributed by atoms with van der Waals surface area (Å²) in [6, 6.07) is 16.4. The van der Waals surface area contributed by atoms with Crippen LogP contribution >= 0.6 is 11.8 Å². The van der Waals surface area contributed by atoms with E-state index in [9.17, 15) is 9.59 Å². The number of ether oxygens (including phenoxy) is 1. The number of anilines is 1. The first-order valence-corrected chi connectivity index (χ1v) is 11.7. The van der Waals surface area contributed by atoms with Crippen LogP contribution in [0.3, 0.4) is 0 Å². The van der Waals surface area contributed by atoms with Crippen LogP contribution in [0.25, 0.3) is 16.7 Å². The van der Waals surface area contributed by atoms with Gasteiger partial charge < -0.3 is 14.6 Å². The number of hydrogen-bond acceptors (Lipinski definition) is 8. The normalized spacial score (nSPS) is 12.2. The van der Waals surface area contributed by atoms with Crippen LogP contribution < -0.4 is 15.6 Å². The van der Waals surface area contributed by atoms with E-state index in [4.69, 9.17) is 9.26 Å². The molecule has 0 aliphatic heterocycles. The molecule has 178 valence electrons. The average molecular weight is 491 g/mol. The molecule has 2 aromatic carbocycles. The van der Waals surface area contributed by atoms with Crippen molar-refractivity contribution in [3.05, 3.63) is 76.3 Å². The Labute approximate surface area is 203 Å². The number of benzene rings is 2. The molecule has 1 N–H and O–H groups in total. The second-order valence-corrected chi connectivity index (χ2v) is 9.22. The van der Waals surface area contributed by atoms with Gasteiger partial charge in [0.1, 0.15) is 11.5 Å². The number of fused-ring (bicyclic) bond motifs is 3. The number of nitrogens with zero attached hydrogens (tertiary/aromatic N) is 5. The van der Waals surface area contributed by atoms with Crippen LogP contribution in [0.4, 0.5) is 5.82 Å². The Morgan fingerprint density at radius 2 is 1.94 bits per heavy atom. The molecular weight excluding hydrogens is 468 g/mol. The van der Waals surface area contributed by atoms with Crippen molar-refractivity contribution < 1.29 is 14.1 Å². The van der Waals surface area contributed by atoms with Gasteiger partial charge in [-0.1, -0.05) is 47.3 Å². The van der Waals surface area contributed by atoms with Crippen LogP contribution in [0.1, 0.15) is 18.2 Å². The zero-order valence-corrected chi connectivity index (χ0v) is 20.1. The van der Waals surface area contributed by atoms with Crippen molar-refractivity contribution in [2.75, 3.05) is 12.4 Å². The van der Waals surface area contributed by atoms with Crippen LogP contribution in [0.2, 0.25) is 0 Å². The number of amides is 1. The molecule has 1 unspecified atom stereocenters. The van der Waals surface area contributed by atoms with Crippen molar-refractivity contribution in [2.45, 2.75) is 30.8 Å². The van der Waals surface area contributed by atoms with Gasteiger partial charge in [0.2, 0.25) is 11.7 Å². The molecule has 3 aromatic heterocycles. The first-order chi connectivity index (χ1) is 17.0. The number of nitrogens with one attached hydrogen (secondary N) is 1. The van der Waals surface area contributed by atoms with Crippen LogP contribution in [0, 0.1) is 6.92 Å². The molecule has 11 heteroatoms. The van der Waals surface area contributed by atoms with Crippen molar-refractivity contribution in [1.82, 2.24) is 24.3 Å². The highest BCUT2D eigenvalue weighted by Gasteiger charge is 2.22. The van der Waals surface area contributed by atoms with Gasteiger partial charge in [-0.3, -0.25) is 18.6 Å². The molecule has 0 aliphatic rings. The zero-order valence-electron chi connectivity index (χ0n) is 19.3. The van der Waals surface area contributed by atoms with Crippen LogP contribution in [0.15, 0.2) is 69.1 Å². The van der Waals surface area contributed by atoms with Crippen molar-refractivity contribution in [3.8, 4) is 5.75 Å². The van der Waals surface area contributed by atoms with Crippen LogP contribution in [-0.4, -0.2) is 42.6 Å². The number of para-hydroxylation sites is 2. The lowest BCUT2D eigenvalue weighted by Gasteiger charge is -2.14. The predicted octanol–water partition coefficient (Wildman–Crippen LogP) is 3.52. The quantitative estimate of drug-likeness (QED) is 0.345. The second-order valence-electron chi connectivity index (χ2n) is 7.91. The number of aromatic nitrogens is 5. The molecule has 0 aliphatic carbocycles. The summed E-state index contributed by atoms with van der Waals surface area (Å²) in [5.74, 6) is 1.74. The van der Waals surface area contributed by atoms with Crippen molar-refractivity contribution in [3.63, 3.8) is 0 Å². The molecule has 1 amide bonds. The Morgan fingerprint density at radius 3 is 2.71 bits per heavy atom. The minimum atomic E-state index is -0.521. The highest BCUT2D eigenvalue weighted by Crippen LogP contribution is 2.27. The fraction of sp³-hybridized carbons (Fsp3) is 0.208. The summed E-state index contributed by atoms with van der Waals surface area (Å²) in [7, 11) is 1.59. The predicted molar refractivity (Wildman–Crippen MR) is 132 cm³/mol. The number of hydrogen-bond donors (Lipinski definition) is 1. The van der Waals surface area contributed by atoms with E-state index in [1.807, 2.05) is 42.5 Å². The lowest BCUT2D eigenvalue weighted by Crippen LogP contribution is -2.25. The van der Waals surface area contributed by atoms with Crippen LogP contribution in [0.5, 0.6) is 5.75 Å². The van der Waals surface area contributed by atoms with Gasteiger partial charge in [0.25, 0.3) is 5.56 Å². The molecule has 0 fully saturated rings. The topological polar surface area (TPSA) is 117 Å². The Balaban J connectivity index is 1.56. The van der Waals surface area contributed by atoms with E-state index in [1.54, 1.807) is 42.1 Å². The van der Waals surface area contributed by atoms with Gasteiger partial charge in [-0.25, -0.2) is 0 Å². The second kappa shape index (κ2) is 9.26. The fourth-order valence-electron chi connectivity index (χ4n) is 3.82. The van der Waals surface area contributed by atoms with E-state index in [0.717, 1.165) is 5.56 Å². The number of carbonyl (C=O) groups is 1. The Morgan fingerprint density at radius 1 is 1.17 bits per heavy atom. The minimum absolute atomic E-state index is 0.185. The number of aryl methyl sites for hydroxylation is 1. The summed E-state index contributed by atoms with van der Waals surface area (Å²) < 4.78 is 13.9. The first-order valence-electron chi connectivity index (χ1n) is 10.9. The lowest BCUT2D eigenvalue weighted by atomic mass is 10.2. The van der Waals surface area contributed by atoms with Gasteiger partial charge in [-0.15, -0.1) is 10.2 Å². The summed E-state index contributed by atoms with van der Waals surface area (Å²) in [6.07, 6.45) is 0. The standard InChI is InChI=1S/C24H22N6O4S/c1-14-12-20(28-34-14)25-21(31)15(2)35-24-27-26-23-29(13-16-8-4-7-11-19(16)33-3)22(32)17-9-5-6-10-18(17)30(23)24/h4-12,15H,13H2,1-3H3,(H,25,28,31). The minimum Gasteiger partial charge on any atom is -0.496 e. The summed E-state index contributed by atoms with van der Waals surface area (Å²) in [4.78, 5) is 26.2. The van der Waals surface area contributed by atoms with Gasteiger partial charge in [-0.05, 0) is 32.0 Å². The monoisotopic (exact) mass is 490 g/mol. The molecule has 0 saturated heterocycles. The summed E-state index contributed by atoms with van der Waals surface area (Å²) >= 11 is 1.24. The third-order valence-electron chi connectivity index (χ3n) is 5.53. The average Bonchev–Trinajstić information content (AvgIpc) is 3.47. The van der Waals surface area contributed by atoms with Crippen molar-refractivity contribution in [2.24, 2.45) is 0 Å².